The molecule has 3 amide bonds. The van der Waals surface area contributed by atoms with Crippen molar-refractivity contribution in [1.29, 1.82) is 0 Å². The van der Waals surface area contributed by atoms with Crippen LogP contribution in [0.4, 0.5) is 10.5 Å². The number of hydrogen-bond donors (Lipinski definition) is 3. The molecule has 3 rings (SSSR count). The standard InChI is InChI=1S/C23H30N4O3/c1-18-7-9-19(10-8-18)21(17-27-13-15-30-16-14-27)26-22(28)11-12-24-23(29)25-20-5-3-2-4-6-20/h2-10,21H,11-17H2,1H3,(H,26,28)(H2,24,25,29). The Morgan fingerprint density at radius 1 is 1.03 bits per heavy atom. The molecule has 7 heteroatoms. The van der Waals surface area contributed by atoms with Gasteiger partial charge < -0.3 is 20.7 Å². The number of carbonyl (C=O) groups is 2. The predicted octanol–water partition coefficient (Wildman–Crippen LogP) is 2.70. The summed E-state index contributed by atoms with van der Waals surface area (Å²) in [6, 6.07) is 17.0. The minimum Gasteiger partial charge on any atom is -0.379 e. The highest BCUT2D eigenvalue weighted by Crippen LogP contribution is 2.16. The SMILES string of the molecule is Cc1ccc(C(CN2CCOCC2)NC(=O)CCNC(=O)Nc2ccccc2)cc1. The van der Waals surface area contributed by atoms with Crippen LogP contribution in [-0.4, -0.2) is 56.2 Å². The summed E-state index contributed by atoms with van der Waals surface area (Å²) in [5.41, 5.74) is 2.98. The van der Waals surface area contributed by atoms with E-state index in [0.29, 0.717) is 5.69 Å². The minimum atomic E-state index is -0.322. The van der Waals surface area contributed by atoms with Gasteiger partial charge in [-0.15, -0.1) is 0 Å². The minimum absolute atomic E-state index is 0.0890. The van der Waals surface area contributed by atoms with Crippen molar-refractivity contribution in [3.63, 3.8) is 0 Å². The molecule has 1 fully saturated rings. The van der Waals surface area contributed by atoms with Gasteiger partial charge in [-0.1, -0.05) is 48.0 Å². The van der Waals surface area contributed by atoms with Crippen molar-refractivity contribution in [2.24, 2.45) is 0 Å². The second kappa shape index (κ2) is 11.3. The van der Waals surface area contributed by atoms with Gasteiger partial charge in [0, 0.05) is 38.3 Å². The number of morpholine rings is 1. The Bertz CT molecular complexity index is 805. The molecule has 0 bridgehead atoms. The van der Waals surface area contributed by atoms with Gasteiger partial charge in [-0.2, -0.15) is 0 Å². The molecular formula is C23H30N4O3. The van der Waals surface area contributed by atoms with Gasteiger partial charge >= 0.3 is 6.03 Å². The van der Waals surface area contributed by atoms with Gasteiger partial charge in [0.15, 0.2) is 0 Å². The number of ether oxygens (including phenoxy) is 1. The fourth-order valence-electron chi connectivity index (χ4n) is 3.33. The third-order valence-electron chi connectivity index (χ3n) is 5.03. The zero-order chi connectivity index (χ0) is 21.2. The van der Waals surface area contributed by atoms with Gasteiger partial charge in [0.05, 0.1) is 19.3 Å². The lowest BCUT2D eigenvalue weighted by molar-refractivity contribution is -0.121. The smallest absolute Gasteiger partial charge is 0.319 e. The van der Waals surface area contributed by atoms with Crippen LogP contribution in [0.25, 0.3) is 0 Å². The third kappa shape index (κ3) is 7.17. The third-order valence-corrected chi connectivity index (χ3v) is 5.03. The molecule has 160 valence electrons. The largest absolute Gasteiger partial charge is 0.379 e. The van der Waals surface area contributed by atoms with Gasteiger partial charge in [0.2, 0.25) is 5.91 Å². The maximum Gasteiger partial charge on any atom is 0.319 e. The number of benzene rings is 2. The van der Waals surface area contributed by atoms with E-state index in [4.69, 9.17) is 4.74 Å². The van der Waals surface area contributed by atoms with Crippen LogP contribution in [-0.2, 0) is 9.53 Å². The topological polar surface area (TPSA) is 82.7 Å². The fourth-order valence-corrected chi connectivity index (χ4v) is 3.33. The lowest BCUT2D eigenvalue weighted by atomic mass is 10.0. The number of hydrogen-bond acceptors (Lipinski definition) is 4. The molecule has 2 aromatic carbocycles. The number of amides is 3. The quantitative estimate of drug-likeness (QED) is 0.625. The lowest BCUT2D eigenvalue weighted by Gasteiger charge is -2.31. The van der Waals surface area contributed by atoms with Crippen molar-refractivity contribution in [3.8, 4) is 0 Å². The Morgan fingerprint density at radius 2 is 1.73 bits per heavy atom. The Morgan fingerprint density at radius 3 is 2.43 bits per heavy atom. The van der Waals surface area contributed by atoms with Crippen LogP contribution in [0.5, 0.6) is 0 Å². The summed E-state index contributed by atoms with van der Waals surface area (Å²) < 4.78 is 5.43. The molecule has 1 heterocycles. The average molecular weight is 411 g/mol. The number of urea groups is 1. The first-order chi connectivity index (χ1) is 14.6. The normalized spacial score (nSPS) is 15.2. The van der Waals surface area contributed by atoms with Crippen LogP contribution < -0.4 is 16.0 Å². The number of carbonyl (C=O) groups excluding carboxylic acids is 2. The van der Waals surface area contributed by atoms with E-state index in [9.17, 15) is 9.59 Å². The van der Waals surface area contributed by atoms with Crippen molar-refractivity contribution in [1.82, 2.24) is 15.5 Å². The molecule has 0 spiro atoms. The van der Waals surface area contributed by atoms with Crippen LogP contribution in [0.15, 0.2) is 54.6 Å². The first kappa shape index (κ1) is 21.8. The van der Waals surface area contributed by atoms with Gasteiger partial charge in [-0.25, -0.2) is 4.79 Å². The molecular weight excluding hydrogens is 380 g/mol. The Balaban J connectivity index is 1.49. The van der Waals surface area contributed by atoms with Crippen molar-refractivity contribution in [3.05, 3.63) is 65.7 Å². The molecule has 0 saturated carbocycles. The van der Waals surface area contributed by atoms with Crippen LogP contribution in [0.3, 0.4) is 0 Å². The van der Waals surface area contributed by atoms with E-state index in [1.54, 1.807) is 0 Å². The zero-order valence-corrected chi connectivity index (χ0v) is 17.4. The number of aryl methyl sites for hydroxylation is 1. The maximum absolute atomic E-state index is 12.5. The Hall–Kier alpha value is -2.90. The van der Waals surface area contributed by atoms with E-state index < -0.39 is 0 Å². The maximum atomic E-state index is 12.5. The monoisotopic (exact) mass is 410 g/mol. The second-order valence-electron chi connectivity index (χ2n) is 7.44. The molecule has 1 unspecified atom stereocenters. The summed E-state index contributed by atoms with van der Waals surface area (Å²) in [5, 5.41) is 8.60. The molecule has 0 radical (unpaired) electrons. The molecule has 1 atom stereocenters. The lowest BCUT2D eigenvalue weighted by Crippen LogP contribution is -2.43. The molecule has 1 aliphatic rings. The average Bonchev–Trinajstić information content (AvgIpc) is 2.75. The number of anilines is 1. The van der Waals surface area contributed by atoms with Gasteiger partial charge in [0.25, 0.3) is 0 Å². The summed E-state index contributed by atoms with van der Waals surface area (Å²) in [6.45, 7) is 6.21. The number of nitrogens with zero attached hydrogens (tertiary/aromatic N) is 1. The molecule has 7 nitrogen and oxygen atoms in total. The Labute approximate surface area is 177 Å². The number of para-hydroxylation sites is 1. The molecule has 0 aliphatic carbocycles. The summed E-state index contributed by atoms with van der Waals surface area (Å²) in [4.78, 5) is 26.8. The molecule has 3 N–H and O–H groups in total. The van der Waals surface area contributed by atoms with Crippen LogP contribution >= 0.6 is 0 Å². The van der Waals surface area contributed by atoms with Crippen LogP contribution in [0, 0.1) is 6.92 Å². The molecule has 0 aromatic heterocycles. The number of nitrogens with one attached hydrogen (secondary N) is 3. The van der Waals surface area contributed by atoms with E-state index in [1.165, 1.54) is 5.56 Å². The highest BCUT2D eigenvalue weighted by molar-refractivity contribution is 5.89. The Kier molecular flexibility index (Phi) is 8.23. The van der Waals surface area contributed by atoms with Crippen LogP contribution in [0.2, 0.25) is 0 Å². The molecule has 30 heavy (non-hydrogen) atoms. The van der Waals surface area contributed by atoms with E-state index >= 15 is 0 Å². The van der Waals surface area contributed by atoms with Crippen molar-refractivity contribution >= 4 is 17.6 Å². The summed E-state index contributed by atoms with van der Waals surface area (Å²) in [6.07, 6.45) is 0.216. The van der Waals surface area contributed by atoms with E-state index in [1.807, 2.05) is 37.3 Å². The van der Waals surface area contributed by atoms with Crippen molar-refractivity contribution in [2.75, 3.05) is 44.7 Å². The highest BCUT2D eigenvalue weighted by atomic mass is 16.5. The summed E-state index contributed by atoms with van der Waals surface area (Å²) in [7, 11) is 0. The molecule has 2 aromatic rings. The molecule has 1 saturated heterocycles. The van der Waals surface area contributed by atoms with E-state index in [0.717, 1.165) is 38.4 Å². The van der Waals surface area contributed by atoms with Gasteiger partial charge in [-0.3, -0.25) is 9.69 Å². The van der Waals surface area contributed by atoms with E-state index in [-0.39, 0.29) is 30.9 Å². The van der Waals surface area contributed by atoms with Gasteiger partial charge in [-0.05, 0) is 24.6 Å². The summed E-state index contributed by atoms with van der Waals surface area (Å²) >= 11 is 0. The van der Waals surface area contributed by atoms with E-state index in [2.05, 4.69) is 45.1 Å². The zero-order valence-electron chi connectivity index (χ0n) is 17.4. The first-order valence-corrected chi connectivity index (χ1v) is 10.4. The van der Waals surface area contributed by atoms with Crippen molar-refractivity contribution < 1.29 is 14.3 Å². The summed E-state index contributed by atoms with van der Waals surface area (Å²) in [5.74, 6) is -0.0890. The second-order valence-corrected chi connectivity index (χ2v) is 7.44. The highest BCUT2D eigenvalue weighted by Gasteiger charge is 2.20. The fraction of sp³-hybridized carbons (Fsp3) is 0.391. The van der Waals surface area contributed by atoms with Gasteiger partial charge in [0.1, 0.15) is 0 Å². The van der Waals surface area contributed by atoms with Crippen LogP contribution in [0.1, 0.15) is 23.6 Å². The predicted molar refractivity (Wildman–Crippen MR) is 117 cm³/mol. The van der Waals surface area contributed by atoms with Crippen molar-refractivity contribution in [2.45, 2.75) is 19.4 Å². The first-order valence-electron chi connectivity index (χ1n) is 10.4. The number of rotatable bonds is 8. The molecule has 1 aliphatic heterocycles.